The van der Waals surface area contributed by atoms with Gasteiger partial charge in [0, 0.05) is 5.39 Å². The van der Waals surface area contributed by atoms with Gasteiger partial charge >= 0.3 is 0 Å². The summed E-state index contributed by atoms with van der Waals surface area (Å²) in [5.74, 6) is 0.753. The monoisotopic (exact) mass is 227 g/mol. The molecule has 2 nitrogen and oxygen atoms in total. The first-order valence-corrected chi connectivity index (χ1v) is 4.76. The van der Waals surface area contributed by atoms with Gasteiger partial charge in [-0.05, 0) is 23.6 Å². The molecule has 1 aromatic heterocycles. The quantitative estimate of drug-likeness (QED) is 0.696. The largest absolute Gasteiger partial charge is 0.497 e. The first-order chi connectivity index (χ1) is 6.70. The summed E-state index contributed by atoms with van der Waals surface area (Å²) >= 11 is 11.7. The van der Waals surface area contributed by atoms with Gasteiger partial charge < -0.3 is 4.74 Å². The summed E-state index contributed by atoms with van der Waals surface area (Å²) < 4.78 is 5.09. The van der Waals surface area contributed by atoms with Gasteiger partial charge in [-0.25, -0.2) is 4.98 Å². The highest BCUT2D eigenvalue weighted by Gasteiger charge is 2.03. The van der Waals surface area contributed by atoms with Crippen LogP contribution in [0.1, 0.15) is 0 Å². The molecule has 0 saturated carbocycles. The minimum atomic E-state index is 0.395. The lowest BCUT2D eigenvalue weighted by Crippen LogP contribution is -1.85. The van der Waals surface area contributed by atoms with E-state index in [4.69, 9.17) is 27.9 Å². The van der Waals surface area contributed by atoms with Crippen LogP contribution in [-0.4, -0.2) is 12.1 Å². The molecule has 0 aliphatic carbocycles. The number of fused-ring (bicyclic) bond motifs is 1. The Kier molecular flexibility index (Phi) is 2.48. The van der Waals surface area contributed by atoms with E-state index in [2.05, 4.69) is 4.98 Å². The van der Waals surface area contributed by atoms with Crippen LogP contribution in [0.5, 0.6) is 5.75 Å². The molecule has 1 aromatic carbocycles. The Morgan fingerprint density at radius 1 is 1.21 bits per heavy atom. The van der Waals surface area contributed by atoms with Crippen molar-refractivity contribution in [3.8, 4) is 5.75 Å². The molecule has 0 saturated heterocycles. The summed E-state index contributed by atoms with van der Waals surface area (Å²) in [6.45, 7) is 0. The van der Waals surface area contributed by atoms with Gasteiger partial charge in [0.15, 0.2) is 0 Å². The van der Waals surface area contributed by atoms with Crippen LogP contribution in [0.4, 0.5) is 0 Å². The number of pyridine rings is 1. The first kappa shape index (κ1) is 9.56. The van der Waals surface area contributed by atoms with E-state index in [9.17, 15) is 0 Å². The van der Waals surface area contributed by atoms with Crippen molar-refractivity contribution in [2.75, 3.05) is 7.11 Å². The normalized spacial score (nSPS) is 10.5. The van der Waals surface area contributed by atoms with Crippen LogP contribution in [0.3, 0.4) is 0 Å². The van der Waals surface area contributed by atoms with Crippen LogP contribution >= 0.6 is 23.2 Å². The molecule has 0 fully saturated rings. The predicted octanol–water partition coefficient (Wildman–Crippen LogP) is 3.55. The smallest absolute Gasteiger partial charge is 0.138 e. The van der Waals surface area contributed by atoms with Gasteiger partial charge in [0.2, 0.25) is 0 Å². The second-order valence-corrected chi connectivity index (χ2v) is 3.57. The lowest BCUT2D eigenvalue weighted by atomic mass is 10.2. The lowest BCUT2D eigenvalue weighted by molar-refractivity contribution is 0.415. The molecule has 72 valence electrons. The number of nitrogens with zero attached hydrogens (tertiary/aromatic N) is 1. The van der Waals surface area contributed by atoms with Gasteiger partial charge in [0.1, 0.15) is 16.1 Å². The molecular weight excluding hydrogens is 221 g/mol. The van der Waals surface area contributed by atoms with Gasteiger partial charge in [-0.2, -0.15) is 0 Å². The average molecular weight is 228 g/mol. The number of aromatic nitrogens is 1. The summed E-state index contributed by atoms with van der Waals surface area (Å²) in [5, 5.41) is 2.59. The van der Waals surface area contributed by atoms with Crippen LogP contribution in [0.25, 0.3) is 10.8 Å². The molecule has 2 aromatic rings. The number of halogens is 2. The SMILES string of the molecule is COc1ccc2cc(Cl)nc(Cl)c2c1. The molecule has 0 aliphatic heterocycles. The van der Waals surface area contributed by atoms with Crippen molar-refractivity contribution < 1.29 is 4.74 Å². The standard InChI is InChI=1S/C10H7Cl2NO/c1-14-7-3-2-6-4-9(11)13-10(12)8(6)5-7/h2-5H,1H3. The lowest BCUT2D eigenvalue weighted by Gasteiger charge is -2.03. The van der Waals surface area contributed by atoms with Gasteiger partial charge in [-0.3, -0.25) is 0 Å². The van der Waals surface area contributed by atoms with E-state index >= 15 is 0 Å². The Labute approximate surface area is 91.4 Å². The summed E-state index contributed by atoms with van der Waals surface area (Å²) in [5.41, 5.74) is 0. The zero-order valence-electron chi connectivity index (χ0n) is 7.42. The minimum Gasteiger partial charge on any atom is -0.497 e. The summed E-state index contributed by atoms with van der Waals surface area (Å²) in [4.78, 5) is 3.95. The third kappa shape index (κ3) is 1.63. The number of hydrogen-bond donors (Lipinski definition) is 0. The molecule has 0 N–H and O–H groups in total. The van der Waals surface area contributed by atoms with Crippen molar-refractivity contribution in [3.63, 3.8) is 0 Å². The average Bonchev–Trinajstić information content (AvgIpc) is 2.17. The molecule has 0 aliphatic rings. The van der Waals surface area contributed by atoms with Crippen LogP contribution in [0, 0.1) is 0 Å². The van der Waals surface area contributed by atoms with Gasteiger partial charge in [0.05, 0.1) is 7.11 Å². The van der Waals surface area contributed by atoms with Crippen molar-refractivity contribution >= 4 is 34.0 Å². The molecule has 0 atom stereocenters. The maximum atomic E-state index is 5.94. The molecule has 0 spiro atoms. The number of ether oxygens (including phenoxy) is 1. The Morgan fingerprint density at radius 3 is 2.71 bits per heavy atom. The highest BCUT2D eigenvalue weighted by molar-refractivity contribution is 6.36. The van der Waals surface area contributed by atoms with Crippen LogP contribution < -0.4 is 4.74 Å². The molecule has 4 heteroatoms. The fraction of sp³-hybridized carbons (Fsp3) is 0.100. The Hall–Kier alpha value is -0.990. The number of rotatable bonds is 1. The summed E-state index contributed by atoms with van der Waals surface area (Å²) in [6, 6.07) is 7.35. The highest BCUT2D eigenvalue weighted by atomic mass is 35.5. The first-order valence-electron chi connectivity index (χ1n) is 4.00. The van der Waals surface area contributed by atoms with Gasteiger partial charge in [-0.1, -0.05) is 29.3 Å². The van der Waals surface area contributed by atoms with E-state index in [1.54, 1.807) is 13.2 Å². The molecular formula is C10H7Cl2NO. The number of methoxy groups -OCH3 is 1. The van der Waals surface area contributed by atoms with E-state index in [1.165, 1.54) is 0 Å². The molecule has 2 rings (SSSR count). The molecule has 0 radical (unpaired) electrons. The molecule has 0 unspecified atom stereocenters. The minimum absolute atomic E-state index is 0.395. The summed E-state index contributed by atoms with van der Waals surface area (Å²) in [7, 11) is 1.61. The molecule has 0 amide bonds. The van der Waals surface area contributed by atoms with Crippen molar-refractivity contribution in [3.05, 3.63) is 34.6 Å². The predicted molar refractivity (Wildman–Crippen MR) is 58.3 cm³/mol. The van der Waals surface area contributed by atoms with Crippen molar-refractivity contribution in [2.45, 2.75) is 0 Å². The van der Waals surface area contributed by atoms with Crippen LogP contribution in [-0.2, 0) is 0 Å². The number of benzene rings is 1. The topological polar surface area (TPSA) is 22.1 Å². The van der Waals surface area contributed by atoms with Crippen molar-refractivity contribution in [2.24, 2.45) is 0 Å². The Morgan fingerprint density at radius 2 is 2.00 bits per heavy atom. The fourth-order valence-electron chi connectivity index (χ4n) is 1.28. The third-order valence-electron chi connectivity index (χ3n) is 1.96. The van der Waals surface area contributed by atoms with Crippen LogP contribution in [0.15, 0.2) is 24.3 Å². The van der Waals surface area contributed by atoms with E-state index in [0.29, 0.717) is 10.3 Å². The van der Waals surface area contributed by atoms with Crippen molar-refractivity contribution in [1.82, 2.24) is 4.98 Å². The van der Waals surface area contributed by atoms with E-state index in [0.717, 1.165) is 16.5 Å². The van der Waals surface area contributed by atoms with Gasteiger partial charge in [-0.15, -0.1) is 0 Å². The maximum Gasteiger partial charge on any atom is 0.138 e. The van der Waals surface area contributed by atoms with E-state index < -0.39 is 0 Å². The van der Waals surface area contributed by atoms with Crippen LogP contribution in [0.2, 0.25) is 10.3 Å². The Bertz CT molecular complexity index is 485. The zero-order valence-corrected chi connectivity index (χ0v) is 8.93. The second-order valence-electron chi connectivity index (χ2n) is 2.82. The maximum absolute atomic E-state index is 5.94. The third-order valence-corrected chi connectivity index (χ3v) is 2.44. The summed E-state index contributed by atoms with van der Waals surface area (Å²) in [6.07, 6.45) is 0. The van der Waals surface area contributed by atoms with E-state index in [-0.39, 0.29) is 0 Å². The molecule has 1 heterocycles. The van der Waals surface area contributed by atoms with Gasteiger partial charge in [0.25, 0.3) is 0 Å². The molecule has 0 bridgehead atoms. The fourth-order valence-corrected chi connectivity index (χ4v) is 1.78. The second kappa shape index (κ2) is 3.64. The molecule has 14 heavy (non-hydrogen) atoms. The Balaban J connectivity index is 2.75. The van der Waals surface area contributed by atoms with E-state index in [1.807, 2.05) is 18.2 Å². The zero-order chi connectivity index (χ0) is 10.1. The highest BCUT2D eigenvalue weighted by Crippen LogP contribution is 2.27. The number of hydrogen-bond acceptors (Lipinski definition) is 2. The van der Waals surface area contributed by atoms with Crippen molar-refractivity contribution in [1.29, 1.82) is 0 Å².